The van der Waals surface area contributed by atoms with E-state index in [0.29, 0.717) is 28.2 Å². The summed E-state index contributed by atoms with van der Waals surface area (Å²) in [7, 11) is 0. The number of amides is 1. The monoisotopic (exact) mass is 494 g/mol. The van der Waals surface area contributed by atoms with E-state index in [4.69, 9.17) is 9.26 Å². The quantitative estimate of drug-likeness (QED) is 0.369. The summed E-state index contributed by atoms with van der Waals surface area (Å²) in [4.78, 5) is 12.9. The van der Waals surface area contributed by atoms with Crippen LogP contribution in [0.5, 0.6) is 5.75 Å². The molecule has 0 aliphatic rings. The molecule has 0 saturated heterocycles. The number of ether oxygens (including phenoxy) is 1. The van der Waals surface area contributed by atoms with Crippen molar-refractivity contribution < 1.29 is 14.1 Å². The Morgan fingerprint density at radius 2 is 1.97 bits per heavy atom. The number of anilines is 1. The van der Waals surface area contributed by atoms with Gasteiger partial charge < -0.3 is 14.6 Å². The number of aromatic nitrogens is 3. The number of rotatable bonds is 7. The van der Waals surface area contributed by atoms with Crippen LogP contribution in [0.25, 0.3) is 0 Å². The zero-order valence-electron chi connectivity index (χ0n) is 18.1. The summed E-state index contributed by atoms with van der Waals surface area (Å²) < 4.78 is 13.6. The number of hydrogen-bond donors (Lipinski definition) is 1. The fourth-order valence-corrected chi connectivity index (χ4v) is 3.75. The number of hydrogen-bond acceptors (Lipinski definition) is 5. The predicted octanol–water partition coefficient (Wildman–Crippen LogP) is 5.44. The lowest BCUT2D eigenvalue weighted by Crippen LogP contribution is -2.16. The Kier molecular flexibility index (Phi) is 6.41. The molecule has 0 bridgehead atoms. The van der Waals surface area contributed by atoms with Crippen molar-refractivity contribution in [3.05, 3.63) is 92.9 Å². The lowest BCUT2D eigenvalue weighted by Gasteiger charge is -2.09. The molecule has 0 unspecified atom stereocenters. The SMILES string of the molecule is Cc1cccc(Cn2cc(Br)c(NC(=O)c3noc(C)c3COc3ccccc3C)n2)c1. The summed E-state index contributed by atoms with van der Waals surface area (Å²) in [6.45, 7) is 6.54. The Balaban J connectivity index is 1.48. The molecule has 2 aromatic heterocycles. The summed E-state index contributed by atoms with van der Waals surface area (Å²) >= 11 is 3.47. The second-order valence-corrected chi connectivity index (χ2v) is 8.44. The number of carbonyl (C=O) groups is 1. The minimum absolute atomic E-state index is 0.173. The Labute approximate surface area is 194 Å². The van der Waals surface area contributed by atoms with E-state index < -0.39 is 5.91 Å². The van der Waals surface area contributed by atoms with Gasteiger partial charge in [-0.05, 0) is 53.9 Å². The van der Waals surface area contributed by atoms with Gasteiger partial charge in [0, 0.05) is 6.20 Å². The lowest BCUT2D eigenvalue weighted by molar-refractivity contribution is 0.101. The molecule has 0 aliphatic heterocycles. The van der Waals surface area contributed by atoms with Crippen molar-refractivity contribution in [1.82, 2.24) is 14.9 Å². The van der Waals surface area contributed by atoms with Crippen molar-refractivity contribution in [3.8, 4) is 5.75 Å². The predicted molar refractivity (Wildman–Crippen MR) is 125 cm³/mol. The van der Waals surface area contributed by atoms with Gasteiger partial charge in [-0.3, -0.25) is 9.48 Å². The van der Waals surface area contributed by atoms with E-state index in [0.717, 1.165) is 16.9 Å². The first-order chi connectivity index (χ1) is 15.4. The summed E-state index contributed by atoms with van der Waals surface area (Å²) in [5.74, 6) is 1.28. The summed E-state index contributed by atoms with van der Waals surface area (Å²) in [6.07, 6.45) is 1.83. The van der Waals surface area contributed by atoms with Crippen LogP contribution in [0.3, 0.4) is 0 Å². The molecule has 164 valence electrons. The van der Waals surface area contributed by atoms with Crippen LogP contribution >= 0.6 is 15.9 Å². The number of nitrogens with one attached hydrogen (secondary N) is 1. The maximum atomic E-state index is 12.9. The minimum atomic E-state index is -0.410. The molecule has 4 aromatic rings. The molecule has 1 amide bonds. The van der Waals surface area contributed by atoms with Crippen molar-refractivity contribution in [2.24, 2.45) is 0 Å². The molecule has 7 nitrogen and oxygen atoms in total. The first-order valence-electron chi connectivity index (χ1n) is 10.1. The van der Waals surface area contributed by atoms with E-state index >= 15 is 0 Å². The topological polar surface area (TPSA) is 82.2 Å². The molecule has 32 heavy (non-hydrogen) atoms. The van der Waals surface area contributed by atoms with Gasteiger partial charge in [0.25, 0.3) is 5.91 Å². The average Bonchev–Trinajstić information content (AvgIpc) is 3.29. The zero-order chi connectivity index (χ0) is 22.7. The number of aryl methyl sites for hydroxylation is 3. The normalized spacial score (nSPS) is 10.9. The summed E-state index contributed by atoms with van der Waals surface area (Å²) in [5, 5.41) is 11.2. The highest BCUT2D eigenvalue weighted by Gasteiger charge is 2.22. The Morgan fingerprint density at radius 1 is 1.16 bits per heavy atom. The molecular weight excluding hydrogens is 472 g/mol. The third kappa shape index (κ3) is 4.91. The van der Waals surface area contributed by atoms with Crippen LogP contribution in [0.15, 0.2) is 63.7 Å². The highest BCUT2D eigenvalue weighted by molar-refractivity contribution is 9.10. The van der Waals surface area contributed by atoms with Crippen LogP contribution < -0.4 is 10.1 Å². The molecule has 0 aliphatic carbocycles. The first-order valence-corrected chi connectivity index (χ1v) is 10.9. The van der Waals surface area contributed by atoms with E-state index in [1.807, 2.05) is 49.5 Å². The van der Waals surface area contributed by atoms with Gasteiger partial charge in [-0.1, -0.05) is 53.2 Å². The van der Waals surface area contributed by atoms with Crippen molar-refractivity contribution in [2.45, 2.75) is 33.9 Å². The first kappa shape index (κ1) is 21.8. The van der Waals surface area contributed by atoms with Crippen LogP contribution in [-0.2, 0) is 13.2 Å². The van der Waals surface area contributed by atoms with E-state index in [2.05, 4.69) is 50.6 Å². The standard InChI is InChI=1S/C24H23BrN4O3/c1-15-7-6-9-18(11-15)12-29-13-20(25)23(27-29)26-24(30)22-19(17(3)32-28-22)14-31-21-10-5-4-8-16(21)2/h4-11,13H,12,14H2,1-3H3,(H,26,27,30). The highest BCUT2D eigenvalue weighted by atomic mass is 79.9. The van der Waals surface area contributed by atoms with Crippen LogP contribution in [0, 0.1) is 20.8 Å². The highest BCUT2D eigenvalue weighted by Crippen LogP contribution is 2.24. The third-order valence-corrected chi connectivity index (χ3v) is 5.62. The molecule has 1 N–H and O–H groups in total. The van der Waals surface area contributed by atoms with Crippen LogP contribution in [-0.4, -0.2) is 20.8 Å². The van der Waals surface area contributed by atoms with Crippen LogP contribution in [0.1, 0.15) is 38.5 Å². The number of para-hydroxylation sites is 1. The fourth-order valence-electron chi connectivity index (χ4n) is 3.33. The van der Waals surface area contributed by atoms with Gasteiger partial charge >= 0.3 is 0 Å². The second kappa shape index (κ2) is 9.40. The van der Waals surface area contributed by atoms with Gasteiger partial charge in [-0.15, -0.1) is 0 Å². The van der Waals surface area contributed by atoms with E-state index in [1.54, 1.807) is 11.6 Å². The zero-order valence-corrected chi connectivity index (χ0v) is 19.6. The van der Waals surface area contributed by atoms with Gasteiger partial charge in [0.15, 0.2) is 11.5 Å². The van der Waals surface area contributed by atoms with Crippen molar-refractivity contribution in [3.63, 3.8) is 0 Å². The Morgan fingerprint density at radius 3 is 2.75 bits per heavy atom. The van der Waals surface area contributed by atoms with Crippen molar-refractivity contribution in [1.29, 1.82) is 0 Å². The third-order valence-electron chi connectivity index (χ3n) is 5.04. The van der Waals surface area contributed by atoms with E-state index in [9.17, 15) is 4.79 Å². The van der Waals surface area contributed by atoms with Gasteiger partial charge in [-0.2, -0.15) is 5.10 Å². The smallest absolute Gasteiger partial charge is 0.279 e. The lowest BCUT2D eigenvalue weighted by atomic mass is 10.1. The number of halogens is 1. The van der Waals surface area contributed by atoms with Gasteiger partial charge in [-0.25, -0.2) is 0 Å². The molecule has 0 saturated carbocycles. The van der Waals surface area contributed by atoms with Gasteiger partial charge in [0.1, 0.15) is 18.1 Å². The number of nitrogens with zero attached hydrogens (tertiary/aromatic N) is 3. The minimum Gasteiger partial charge on any atom is -0.488 e. The Hall–Kier alpha value is -3.39. The number of benzene rings is 2. The Bertz CT molecular complexity index is 1260. The molecule has 0 fully saturated rings. The molecule has 8 heteroatoms. The second-order valence-electron chi connectivity index (χ2n) is 7.59. The van der Waals surface area contributed by atoms with Gasteiger partial charge in [0.2, 0.25) is 0 Å². The maximum Gasteiger partial charge on any atom is 0.279 e. The van der Waals surface area contributed by atoms with Crippen LogP contribution in [0.2, 0.25) is 0 Å². The van der Waals surface area contributed by atoms with Crippen molar-refractivity contribution >= 4 is 27.7 Å². The largest absolute Gasteiger partial charge is 0.488 e. The molecular formula is C24H23BrN4O3. The maximum absolute atomic E-state index is 12.9. The van der Waals surface area contributed by atoms with E-state index in [1.165, 1.54) is 5.56 Å². The van der Waals surface area contributed by atoms with Crippen molar-refractivity contribution in [2.75, 3.05) is 5.32 Å². The molecule has 2 heterocycles. The number of carbonyl (C=O) groups excluding carboxylic acids is 1. The molecule has 0 atom stereocenters. The molecule has 0 radical (unpaired) electrons. The van der Waals surface area contributed by atoms with E-state index in [-0.39, 0.29) is 12.3 Å². The average molecular weight is 495 g/mol. The molecule has 2 aromatic carbocycles. The fraction of sp³-hybridized carbons (Fsp3) is 0.208. The summed E-state index contributed by atoms with van der Waals surface area (Å²) in [5.41, 5.74) is 4.10. The molecule has 4 rings (SSSR count). The molecule has 0 spiro atoms. The van der Waals surface area contributed by atoms with Crippen LogP contribution in [0.4, 0.5) is 5.82 Å². The van der Waals surface area contributed by atoms with Gasteiger partial charge in [0.05, 0.1) is 16.6 Å². The summed E-state index contributed by atoms with van der Waals surface area (Å²) in [6, 6.07) is 15.9.